The quantitative estimate of drug-likeness (QED) is 0.730. The molecule has 8 heteroatoms. The summed E-state index contributed by atoms with van der Waals surface area (Å²) in [5, 5.41) is 6.48. The van der Waals surface area contributed by atoms with E-state index in [1.54, 1.807) is 13.0 Å². The second kappa shape index (κ2) is 10.1. The van der Waals surface area contributed by atoms with Gasteiger partial charge in [-0.3, -0.25) is 14.5 Å². The molecule has 8 nitrogen and oxygen atoms in total. The molecule has 0 saturated carbocycles. The topological polar surface area (TPSA) is 87.9 Å². The lowest BCUT2D eigenvalue weighted by atomic mass is 10.1. The Morgan fingerprint density at radius 2 is 1.97 bits per heavy atom. The SMILES string of the molecule is CCOc1ccccc1CCC(=O)N1CCN(CC(=O)Nc2cc(C)on2)CC1. The summed E-state index contributed by atoms with van der Waals surface area (Å²) < 4.78 is 10.6. The van der Waals surface area contributed by atoms with Crippen LogP contribution in [0.15, 0.2) is 34.9 Å². The van der Waals surface area contributed by atoms with E-state index in [0.29, 0.717) is 57.2 Å². The number of nitrogens with zero attached hydrogens (tertiary/aromatic N) is 3. The summed E-state index contributed by atoms with van der Waals surface area (Å²) in [6, 6.07) is 9.53. The first-order chi connectivity index (χ1) is 14.0. The largest absolute Gasteiger partial charge is 0.494 e. The van der Waals surface area contributed by atoms with Crippen LogP contribution in [-0.2, 0) is 16.0 Å². The van der Waals surface area contributed by atoms with Gasteiger partial charge in [-0.1, -0.05) is 23.4 Å². The fraction of sp³-hybridized carbons (Fsp3) is 0.476. The molecule has 0 unspecified atom stereocenters. The van der Waals surface area contributed by atoms with E-state index >= 15 is 0 Å². The Morgan fingerprint density at radius 1 is 1.21 bits per heavy atom. The number of anilines is 1. The van der Waals surface area contributed by atoms with Crippen LogP contribution in [0.4, 0.5) is 5.82 Å². The number of benzene rings is 1. The predicted octanol–water partition coefficient (Wildman–Crippen LogP) is 2.10. The molecule has 29 heavy (non-hydrogen) atoms. The van der Waals surface area contributed by atoms with Crippen LogP contribution < -0.4 is 10.1 Å². The molecule has 1 fully saturated rings. The molecule has 1 aliphatic rings. The van der Waals surface area contributed by atoms with E-state index < -0.39 is 0 Å². The van der Waals surface area contributed by atoms with Crippen molar-refractivity contribution in [3.63, 3.8) is 0 Å². The number of carbonyl (C=O) groups excluding carboxylic acids is 2. The van der Waals surface area contributed by atoms with Crippen LogP contribution in [0.25, 0.3) is 0 Å². The molecule has 1 N–H and O–H groups in total. The summed E-state index contributed by atoms with van der Waals surface area (Å²) in [5.74, 6) is 1.93. The molecule has 2 aromatic rings. The summed E-state index contributed by atoms with van der Waals surface area (Å²) >= 11 is 0. The van der Waals surface area contributed by atoms with Crippen molar-refractivity contribution in [1.29, 1.82) is 0 Å². The average Bonchev–Trinajstić information content (AvgIpc) is 3.12. The fourth-order valence-electron chi connectivity index (χ4n) is 3.37. The van der Waals surface area contributed by atoms with Crippen LogP contribution >= 0.6 is 0 Å². The van der Waals surface area contributed by atoms with Crippen LogP contribution in [-0.4, -0.2) is 66.1 Å². The van der Waals surface area contributed by atoms with Crippen molar-refractivity contribution in [1.82, 2.24) is 15.0 Å². The molecular formula is C21H28N4O4. The van der Waals surface area contributed by atoms with Gasteiger partial charge in [0.05, 0.1) is 13.2 Å². The number of nitrogens with one attached hydrogen (secondary N) is 1. The van der Waals surface area contributed by atoms with E-state index in [2.05, 4.69) is 10.5 Å². The molecular weight excluding hydrogens is 372 g/mol. The fourth-order valence-corrected chi connectivity index (χ4v) is 3.37. The van der Waals surface area contributed by atoms with E-state index in [4.69, 9.17) is 9.26 Å². The number of aromatic nitrogens is 1. The minimum atomic E-state index is -0.134. The Morgan fingerprint density at radius 3 is 2.66 bits per heavy atom. The van der Waals surface area contributed by atoms with Gasteiger partial charge in [-0.15, -0.1) is 0 Å². The molecule has 2 heterocycles. The van der Waals surface area contributed by atoms with E-state index in [9.17, 15) is 9.59 Å². The normalized spacial score (nSPS) is 14.6. The average molecular weight is 400 g/mol. The van der Waals surface area contributed by atoms with Crippen molar-refractivity contribution in [2.45, 2.75) is 26.7 Å². The molecule has 0 bridgehead atoms. The summed E-state index contributed by atoms with van der Waals surface area (Å²) in [7, 11) is 0. The Bertz CT molecular complexity index is 828. The van der Waals surface area contributed by atoms with E-state index in [-0.39, 0.29) is 18.4 Å². The van der Waals surface area contributed by atoms with Gasteiger partial charge in [-0.25, -0.2) is 0 Å². The monoisotopic (exact) mass is 400 g/mol. The predicted molar refractivity (Wildman–Crippen MR) is 109 cm³/mol. The van der Waals surface area contributed by atoms with Gasteiger partial charge in [0.15, 0.2) is 5.82 Å². The second-order valence-electron chi connectivity index (χ2n) is 7.07. The van der Waals surface area contributed by atoms with Gasteiger partial charge in [-0.05, 0) is 31.9 Å². The minimum Gasteiger partial charge on any atom is -0.494 e. The smallest absolute Gasteiger partial charge is 0.239 e. The number of para-hydroxylation sites is 1. The molecule has 156 valence electrons. The first-order valence-electron chi connectivity index (χ1n) is 9.99. The van der Waals surface area contributed by atoms with Crippen LogP contribution in [0.5, 0.6) is 5.75 Å². The van der Waals surface area contributed by atoms with Crippen molar-refractivity contribution in [3.05, 3.63) is 41.7 Å². The maximum atomic E-state index is 12.6. The van der Waals surface area contributed by atoms with Crippen molar-refractivity contribution < 1.29 is 18.8 Å². The molecule has 0 atom stereocenters. The summed E-state index contributed by atoms with van der Waals surface area (Å²) in [5.41, 5.74) is 1.06. The molecule has 2 amide bonds. The van der Waals surface area contributed by atoms with Crippen molar-refractivity contribution >= 4 is 17.6 Å². The highest BCUT2D eigenvalue weighted by atomic mass is 16.5. The van der Waals surface area contributed by atoms with Crippen molar-refractivity contribution in [2.75, 3.05) is 44.6 Å². The van der Waals surface area contributed by atoms with Crippen molar-refractivity contribution in [2.24, 2.45) is 0 Å². The lowest BCUT2D eigenvalue weighted by Crippen LogP contribution is -2.50. The molecule has 1 saturated heterocycles. The first-order valence-corrected chi connectivity index (χ1v) is 9.99. The van der Waals surface area contributed by atoms with Crippen LogP contribution in [0.3, 0.4) is 0 Å². The molecule has 0 radical (unpaired) electrons. The number of hydrogen-bond acceptors (Lipinski definition) is 6. The summed E-state index contributed by atoms with van der Waals surface area (Å²) in [6.07, 6.45) is 1.12. The molecule has 1 aromatic carbocycles. The maximum absolute atomic E-state index is 12.6. The number of ether oxygens (including phenoxy) is 1. The highest BCUT2D eigenvalue weighted by Gasteiger charge is 2.22. The van der Waals surface area contributed by atoms with Gasteiger partial charge in [0.2, 0.25) is 11.8 Å². The van der Waals surface area contributed by atoms with Crippen molar-refractivity contribution in [3.8, 4) is 5.75 Å². The Labute approximate surface area is 170 Å². The number of hydrogen-bond donors (Lipinski definition) is 1. The molecule has 0 aliphatic carbocycles. The van der Waals surface area contributed by atoms with E-state index in [1.165, 1.54) is 0 Å². The molecule has 0 spiro atoms. The molecule has 3 rings (SSSR count). The Balaban J connectivity index is 1.41. The zero-order valence-corrected chi connectivity index (χ0v) is 17.0. The Hall–Kier alpha value is -2.87. The van der Waals surface area contributed by atoms with Gasteiger partial charge >= 0.3 is 0 Å². The maximum Gasteiger partial charge on any atom is 0.239 e. The van der Waals surface area contributed by atoms with Gasteiger partial charge in [0.25, 0.3) is 0 Å². The minimum absolute atomic E-state index is 0.134. The van der Waals surface area contributed by atoms with E-state index in [1.807, 2.05) is 41.0 Å². The zero-order chi connectivity index (χ0) is 20.6. The highest BCUT2D eigenvalue weighted by molar-refractivity contribution is 5.91. The van der Waals surface area contributed by atoms with Gasteiger partial charge < -0.3 is 19.5 Å². The number of aryl methyl sites for hydroxylation is 2. The van der Waals surface area contributed by atoms with Crippen LogP contribution in [0, 0.1) is 6.92 Å². The second-order valence-corrected chi connectivity index (χ2v) is 7.07. The lowest BCUT2D eigenvalue weighted by Gasteiger charge is -2.34. The van der Waals surface area contributed by atoms with Gasteiger partial charge in [0.1, 0.15) is 11.5 Å². The number of amides is 2. The van der Waals surface area contributed by atoms with Crippen LogP contribution in [0.1, 0.15) is 24.7 Å². The third-order valence-corrected chi connectivity index (χ3v) is 4.87. The number of piperazine rings is 1. The number of rotatable bonds is 8. The summed E-state index contributed by atoms with van der Waals surface area (Å²) in [6.45, 7) is 7.21. The lowest BCUT2D eigenvalue weighted by molar-refractivity contribution is -0.133. The third kappa shape index (κ3) is 6.05. The highest BCUT2D eigenvalue weighted by Crippen LogP contribution is 2.20. The first kappa shape index (κ1) is 20.9. The van der Waals surface area contributed by atoms with Crippen LogP contribution in [0.2, 0.25) is 0 Å². The molecule has 1 aliphatic heterocycles. The standard InChI is InChI=1S/C21H28N4O4/c1-3-28-18-7-5-4-6-17(18)8-9-21(27)25-12-10-24(11-13-25)15-20(26)22-19-14-16(2)29-23-19/h4-7,14H,3,8-13,15H2,1-2H3,(H,22,23,26). The van der Waals surface area contributed by atoms with E-state index in [0.717, 1.165) is 11.3 Å². The summed E-state index contributed by atoms with van der Waals surface area (Å²) in [4.78, 5) is 28.6. The Kier molecular flexibility index (Phi) is 7.24. The number of carbonyl (C=O) groups is 2. The van der Waals surface area contributed by atoms with Gasteiger partial charge in [-0.2, -0.15) is 0 Å². The zero-order valence-electron chi connectivity index (χ0n) is 17.0. The van der Waals surface area contributed by atoms with Gasteiger partial charge in [0, 0.05) is 38.7 Å². The molecule has 1 aromatic heterocycles. The third-order valence-electron chi connectivity index (χ3n) is 4.87.